The maximum absolute atomic E-state index is 5.51. The van der Waals surface area contributed by atoms with Crippen molar-refractivity contribution in [2.45, 2.75) is 25.5 Å². The van der Waals surface area contributed by atoms with E-state index in [9.17, 15) is 0 Å². The number of hydrogen-bond acceptors (Lipinski definition) is 3. The average molecular weight is 207 g/mol. The van der Waals surface area contributed by atoms with E-state index < -0.39 is 0 Å². The number of ether oxygens (including phenoxy) is 2. The van der Waals surface area contributed by atoms with E-state index in [1.54, 1.807) is 7.11 Å². The number of para-hydroxylation sites is 2. The van der Waals surface area contributed by atoms with Crippen molar-refractivity contribution in [2.24, 2.45) is 0 Å². The lowest BCUT2D eigenvalue weighted by molar-refractivity contribution is 0.121. The zero-order valence-corrected chi connectivity index (χ0v) is 9.19. The number of nitrogens with one attached hydrogen (secondary N) is 1. The van der Waals surface area contributed by atoms with Gasteiger partial charge >= 0.3 is 0 Å². The van der Waals surface area contributed by atoms with E-state index in [4.69, 9.17) is 9.47 Å². The van der Waals surface area contributed by atoms with Gasteiger partial charge in [-0.2, -0.15) is 0 Å². The van der Waals surface area contributed by atoms with Crippen molar-refractivity contribution in [1.29, 1.82) is 0 Å². The molecule has 15 heavy (non-hydrogen) atoms. The zero-order valence-electron chi connectivity index (χ0n) is 9.19. The van der Waals surface area contributed by atoms with E-state index in [-0.39, 0.29) is 6.10 Å². The lowest BCUT2D eigenvalue weighted by Gasteiger charge is -2.19. The minimum absolute atomic E-state index is 0.273. The zero-order chi connectivity index (χ0) is 10.7. The summed E-state index contributed by atoms with van der Waals surface area (Å²) in [6.07, 6.45) is 1.33. The third-order valence-corrected chi connectivity index (χ3v) is 2.82. The maximum Gasteiger partial charge on any atom is 0.141 e. The summed E-state index contributed by atoms with van der Waals surface area (Å²) in [5.41, 5.74) is 1.04. The lowest BCUT2D eigenvalue weighted by atomic mass is 10.1. The molecule has 2 atom stereocenters. The fourth-order valence-electron chi connectivity index (χ4n) is 1.88. The van der Waals surface area contributed by atoms with Crippen LogP contribution in [0.15, 0.2) is 24.3 Å². The van der Waals surface area contributed by atoms with Gasteiger partial charge in [0.25, 0.3) is 0 Å². The van der Waals surface area contributed by atoms with Gasteiger partial charge in [0.05, 0.1) is 24.9 Å². The Morgan fingerprint density at radius 2 is 2.20 bits per heavy atom. The van der Waals surface area contributed by atoms with E-state index in [1.165, 1.54) is 0 Å². The first kappa shape index (κ1) is 10.3. The molecule has 1 fully saturated rings. The molecule has 1 aromatic rings. The van der Waals surface area contributed by atoms with E-state index in [2.05, 4.69) is 12.2 Å². The molecule has 0 bridgehead atoms. The minimum atomic E-state index is 0.273. The largest absolute Gasteiger partial charge is 0.495 e. The van der Waals surface area contributed by atoms with E-state index in [0.29, 0.717) is 6.04 Å². The van der Waals surface area contributed by atoms with Gasteiger partial charge in [-0.25, -0.2) is 0 Å². The van der Waals surface area contributed by atoms with Crippen LogP contribution in [0.25, 0.3) is 0 Å². The van der Waals surface area contributed by atoms with Crippen molar-refractivity contribution >= 4 is 5.69 Å². The second kappa shape index (κ2) is 4.53. The van der Waals surface area contributed by atoms with Gasteiger partial charge in [-0.3, -0.25) is 0 Å². The van der Waals surface area contributed by atoms with Crippen LogP contribution >= 0.6 is 0 Å². The molecule has 0 spiro atoms. The Morgan fingerprint density at radius 3 is 2.87 bits per heavy atom. The van der Waals surface area contributed by atoms with Crippen LogP contribution in [0.1, 0.15) is 13.3 Å². The maximum atomic E-state index is 5.51. The van der Waals surface area contributed by atoms with E-state index in [0.717, 1.165) is 24.5 Å². The summed E-state index contributed by atoms with van der Waals surface area (Å²) >= 11 is 0. The Morgan fingerprint density at radius 1 is 1.40 bits per heavy atom. The first-order valence-corrected chi connectivity index (χ1v) is 5.32. The molecular weight excluding hydrogens is 190 g/mol. The third kappa shape index (κ3) is 2.23. The highest BCUT2D eigenvalue weighted by Crippen LogP contribution is 2.26. The van der Waals surface area contributed by atoms with Gasteiger partial charge < -0.3 is 14.8 Å². The Hall–Kier alpha value is -1.22. The average Bonchev–Trinajstić information content (AvgIpc) is 2.65. The molecule has 1 heterocycles. The van der Waals surface area contributed by atoms with Crippen molar-refractivity contribution < 1.29 is 9.47 Å². The Labute approximate surface area is 90.4 Å². The van der Waals surface area contributed by atoms with Crippen LogP contribution in [0.5, 0.6) is 5.75 Å². The second-order valence-electron chi connectivity index (χ2n) is 3.82. The van der Waals surface area contributed by atoms with Crippen LogP contribution in [0.2, 0.25) is 0 Å². The summed E-state index contributed by atoms with van der Waals surface area (Å²) in [5, 5.41) is 3.46. The van der Waals surface area contributed by atoms with Gasteiger partial charge in [0.2, 0.25) is 0 Å². The molecule has 1 aliphatic heterocycles. The van der Waals surface area contributed by atoms with E-state index in [1.807, 2.05) is 24.3 Å². The second-order valence-corrected chi connectivity index (χ2v) is 3.82. The van der Waals surface area contributed by atoms with Gasteiger partial charge in [0.1, 0.15) is 5.75 Å². The molecule has 0 radical (unpaired) electrons. The van der Waals surface area contributed by atoms with Crippen molar-refractivity contribution in [2.75, 3.05) is 19.0 Å². The summed E-state index contributed by atoms with van der Waals surface area (Å²) in [5.74, 6) is 0.886. The van der Waals surface area contributed by atoms with Crippen molar-refractivity contribution in [1.82, 2.24) is 0 Å². The van der Waals surface area contributed by atoms with Gasteiger partial charge in [0, 0.05) is 6.61 Å². The first-order chi connectivity index (χ1) is 7.31. The Balaban J connectivity index is 2.09. The predicted octanol–water partition coefficient (Wildman–Crippen LogP) is 2.28. The molecule has 1 saturated heterocycles. The molecule has 82 valence electrons. The molecule has 3 nitrogen and oxygen atoms in total. The molecule has 0 unspecified atom stereocenters. The third-order valence-electron chi connectivity index (χ3n) is 2.82. The molecule has 0 aromatic heterocycles. The smallest absolute Gasteiger partial charge is 0.141 e. The summed E-state index contributed by atoms with van der Waals surface area (Å²) < 4.78 is 10.8. The molecule has 0 amide bonds. The summed E-state index contributed by atoms with van der Waals surface area (Å²) in [6.45, 7) is 2.94. The van der Waals surface area contributed by atoms with Crippen LogP contribution in [0, 0.1) is 0 Å². The molecule has 3 heteroatoms. The fraction of sp³-hybridized carbons (Fsp3) is 0.500. The minimum Gasteiger partial charge on any atom is -0.495 e. The summed E-state index contributed by atoms with van der Waals surface area (Å²) in [4.78, 5) is 0. The quantitative estimate of drug-likeness (QED) is 0.824. The van der Waals surface area contributed by atoms with Crippen LogP contribution in [0.4, 0.5) is 5.69 Å². The standard InChI is InChI=1S/C12H17NO2/c1-9-10(7-8-15-9)13-11-5-3-4-6-12(11)14-2/h3-6,9-10,13H,7-8H2,1-2H3/t9-,10-/m1/s1. The molecule has 0 saturated carbocycles. The monoisotopic (exact) mass is 207 g/mol. The number of rotatable bonds is 3. The van der Waals surface area contributed by atoms with Crippen LogP contribution in [-0.4, -0.2) is 25.9 Å². The molecule has 1 aromatic carbocycles. The number of methoxy groups -OCH3 is 1. The van der Waals surface area contributed by atoms with Gasteiger partial charge in [-0.1, -0.05) is 12.1 Å². The van der Waals surface area contributed by atoms with Gasteiger partial charge in [-0.05, 0) is 25.5 Å². The SMILES string of the molecule is COc1ccccc1N[C@@H]1CCO[C@@H]1C. The van der Waals surface area contributed by atoms with Gasteiger partial charge in [-0.15, -0.1) is 0 Å². The van der Waals surface area contributed by atoms with Crippen molar-refractivity contribution in [3.05, 3.63) is 24.3 Å². The lowest BCUT2D eigenvalue weighted by Crippen LogP contribution is -2.26. The van der Waals surface area contributed by atoms with Crippen LogP contribution < -0.4 is 10.1 Å². The molecule has 2 rings (SSSR count). The summed E-state index contributed by atoms with van der Waals surface area (Å²) in [7, 11) is 1.69. The first-order valence-electron chi connectivity index (χ1n) is 5.32. The van der Waals surface area contributed by atoms with E-state index >= 15 is 0 Å². The fourth-order valence-corrected chi connectivity index (χ4v) is 1.88. The Bertz CT molecular complexity index is 327. The van der Waals surface area contributed by atoms with Crippen LogP contribution in [-0.2, 0) is 4.74 Å². The number of hydrogen-bond donors (Lipinski definition) is 1. The topological polar surface area (TPSA) is 30.5 Å². The highest BCUT2D eigenvalue weighted by Gasteiger charge is 2.24. The molecular formula is C12H17NO2. The molecule has 1 N–H and O–H groups in total. The number of anilines is 1. The van der Waals surface area contributed by atoms with Gasteiger partial charge in [0.15, 0.2) is 0 Å². The number of benzene rings is 1. The highest BCUT2D eigenvalue weighted by molar-refractivity contribution is 5.56. The van der Waals surface area contributed by atoms with Crippen LogP contribution in [0.3, 0.4) is 0 Å². The Kier molecular flexibility index (Phi) is 3.11. The normalized spacial score (nSPS) is 25.2. The highest BCUT2D eigenvalue weighted by atomic mass is 16.5. The molecule has 0 aliphatic carbocycles. The summed E-state index contributed by atoms with van der Waals surface area (Å²) in [6, 6.07) is 8.36. The predicted molar refractivity (Wildman–Crippen MR) is 60.4 cm³/mol. The van der Waals surface area contributed by atoms with Crippen molar-refractivity contribution in [3.8, 4) is 5.75 Å². The molecule has 1 aliphatic rings. The van der Waals surface area contributed by atoms with Crippen molar-refractivity contribution in [3.63, 3.8) is 0 Å².